The molecule has 0 bridgehead atoms. The van der Waals surface area contributed by atoms with Gasteiger partial charge >= 0.3 is 0 Å². The van der Waals surface area contributed by atoms with E-state index in [1.54, 1.807) is 12.1 Å². The SMILES string of the molecule is CN(C(=O)c1ccccc1)N(C)c1ccccc1. The molecule has 92 valence electrons. The Morgan fingerprint density at radius 3 is 1.89 bits per heavy atom. The lowest BCUT2D eigenvalue weighted by molar-refractivity contribution is 0.0787. The van der Waals surface area contributed by atoms with Gasteiger partial charge in [0.15, 0.2) is 0 Å². The Balaban J connectivity index is 2.17. The highest BCUT2D eigenvalue weighted by Crippen LogP contribution is 2.14. The minimum Gasteiger partial charge on any atom is -0.286 e. The number of carbonyl (C=O) groups is 1. The summed E-state index contributed by atoms with van der Waals surface area (Å²) in [5, 5.41) is 3.43. The van der Waals surface area contributed by atoms with Gasteiger partial charge in [-0.2, -0.15) is 0 Å². The van der Waals surface area contributed by atoms with Crippen molar-refractivity contribution in [1.29, 1.82) is 0 Å². The smallest absolute Gasteiger partial charge is 0.272 e. The van der Waals surface area contributed by atoms with Gasteiger partial charge in [0.2, 0.25) is 0 Å². The number of rotatable bonds is 3. The summed E-state index contributed by atoms with van der Waals surface area (Å²) in [4.78, 5) is 12.2. The Morgan fingerprint density at radius 1 is 0.833 bits per heavy atom. The molecule has 2 aromatic carbocycles. The van der Waals surface area contributed by atoms with Gasteiger partial charge in [-0.1, -0.05) is 36.4 Å². The summed E-state index contributed by atoms with van der Waals surface area (Å²) in [5.41, 5.74) is 1.66. The van der Waals surface area contributed by atoms with E-state index in [1.807, 2.05) is 72.7 Å². The summed E-state index contributed by atoms with van der Waals surface area (Å²) >= 11 is 0. The molecule has 0 atom stereocenters. The third kappa shape index (κ3) is 2.51. The predicted molar refractivity (Wildman–Crippen MR) is 73.4 cm³/mol. The van der Waals surface area contributed by atoms with Gasteiger partial charge in [-0.15, -0.1) is 0 Å². The molecule has 0 aromatic heterocycles. The van der Waals surface area contributed by atoms with Gasteiger partial charge < -0.3 is 0 Å². The number of carbonyl (C=O) groups excluding carboxylic acids is 1. The highest BCUT2D eigenvalue weighted by atomic mass is 16.2. The molecule has 2 aromatic rings. The molecule has 0 unspecified atom stereocenters. The third-order valence-corrected chi connectivity index (χ3v) is 2.89. The second-order valence-corrected chi connectivity index (χ2v) is 4.05. The number of anilines is 1. The first kappa shape index (κ1) is 12.2. The zero-order valence-corrected chi connectivity index (χ0v) is 10.6. The van der Waals surface area contributed by atoms with E-state index in [-0.39, 0.29) is 5.91 Å². The molecule has 0 aliphatic rings. The Bertz CT molecular complexity index is 511. The van der Waals surface area contributed by atoms with E-state index in [0.717, 1.165) is 5.69 Å². The van der Waals surface area contributed by atoms with Crippen LogP contribution in [0.25, 0.3) is 0 Å². The van der Waals surface area contributed by atoms with E-state index in [1.165, 1.54) is 0 Å². The van der Waals surface area contributed by atoms with E-state index in [9.17, 15) is 4.79 Å². The maximum atomic E-state index is 12.2. The first-order valence-corrected chi connectivity index (χ1v) is 5.82. The Morgan fingerprint density at radius 2 is 1.33 bits per heavy atom. The molecule has 3 heteroatoms. The number of amides is 1. The number of benzene rings is 2. The summed E-state index contributed by atoms with van der Waals surface area (Å²) < 4.78 is 0. The van der Waals surface area contributed by atoms with Crippen LogP contribution in [0.5, 0.6) is 0 Å². The van der Waals surface area contributed by atoms with Crippen LogP contribution in [0.3, 0.4) is 0 Å². The second-order valence-electron chi connectivity index (χ2n) is 4.05. The molecule has 0 fully saturated rings. The number of para-hydroxylation sites is 1. The number of nitrogens with zero attached hydrogens (tertiary/aromatic N) is 2. The fourth-order valence-corrected chi connectivity index (χ4v) is 1.72. The van der Waals surface area contributed by atoms with Gasteiger partial charge in [0.1, 0.15) is 0 Å². The van der Waals surface area contributed by atoms with Crippen molar-refractivity contribution in [2.24, 2.45) is 0 Å². The van der Waals surface area contributed by atoms with Crippen LogP contribution in [0.15, 0.2) is 60.7 Å². The van der Waals surface area contributed by atoms with Crippen molar-refractivity contribution in [1.82, 2.24) is 5.01 Å². The van der Waals surface area contributed by atoms with E-state index >= 15 is 0 Å². The summed E-state index contributed by atoms with van der Waals surface area (Å²) in [7, 11) is 3.64. The van der Waals surface area contributed by atoms with Crippen LogP contribution in [0.1, 0.15) is 10.4 Å². The first-order valence-electron chi connectivity index (χ1n) is 5.82. The fraction of sp³-hybridized carbons (Fsp3) is 0.133. The molecule has 0 radical (unpaired) electrons. The Hall–Kier alpha value is -2.29. The summed E-state index contributed by atoms with van der Waals surface area (Å²) in [5.74, 6) is -0.0260. The van der Waals surface area contributed by atoms with Crippen molar-refractivity contribution in [2.45, 2.75) is 0 Å². The largest absolute Gasteiger partial charge is 0.286 e. The molecule has 3 nitrogen and oxygen atoms in total. The first-order chi connectivity index (χ1) is 8.70. The van der Waals surface area contributed by atoms with E-state index in [2.05, 4.69) is 0 Å². The van der Waals surface area contributed by atoms with Crippen molar-refractivity contribution in [3.8, 4) is 0 Å². The lowest BCUT2D eigenvalue weighted by atomic mass is 10.2. The van der Waals surface area contributed by atoms with E-state index in [4.69, 9.17) is 0 Å². The van der Waals surface area contributed by atoms with Gasteiger partial charge in [-0.25, -0.2) is 0 Å². The van der Waals surface area contributed by atoms with Crippen molar-refractivity contribution in [2.75, 3.05) is 19.1 Å². The molecule has 2 rings (SSSR count). The Labute approximate surface area is 107 Å². The maximum Gasteiger partial charge on any atom is 0.272 e. The molecular formula is C15H16N2O. The van der Waals surface area contributed by atoms with Crippen molar-refractivity contribution in [3.05, 3.63) is 66.2 Å². The molecule has 0 heterocycles. The molecule has 0 spiro atoms. The quantitative estimate of drug-likeness (QED) is 0.770. The highest BCUT2D eigenvalue weighted by Gasteiger charge is 2.15. The van der Waals surface area contributed by atoms with Gasteiger partial charge in [0, 0.05) is 19.7 Å². The van der Waals surface area contributed by atoms with Crippen molar-refractivity contribution in [3.63, 3.8) is 0 Å². The van der Waals surface area contributed by atoms with Crippen LogP contribution in [-0.2, 0) is 0 Å². The third-order valence-electron chi connectivity index (χ3n) is 2.89. The maximum absolute atomic E-state index is 12.2. The van der Waals surface area contributed by atoms with Gasteiger partial charge in [0.05, 0.1) is 5.69 Å². The molecule has 0 aliphatic carbocycles. The average molecular weight is 240 g/mol. The average Bonchev–Trinajstić information content (AvgIpc) is 2.47. The molecule has 0 aliphatic heterocycles. The molecule has 0 saturated heterocycles. The Kier molecular flexibility index (Phi) is 3.63. The summed E-state index contributed by atoms with van der Waals surface area (Å²) in [6.45, 7) is 0. The lowest BCUT2D eigenvalue weighted by Gasteiger charge is -2.30. The molecule has 0 N–H and O–H groups in total. The standard InChI is InChI=1S/C15H16N2O/c1-16(14-11-7-4-8-12-14)17(2)15(18)13-9-5-3-6-10-13/h3-12H,1-2H3. The van der Waals surface area contributed by atoms with Crippen LogP contribution in [0, 0.1) is 0 Å². The molecule has 18 heavy (non-hydrogen) atoms. The highest BCUT2D eigenvalue weighted by molar-refractivity contribution is 5.94. The molecule has 1 amide bonds. The van der Waals surface area contributed by atoms with Crippen LogP contribution in [-0.4, -0.2) is 25.0 Å². The number of hydrogen-bond donors (Lipinski definition) is 0. The zero-order valence-electron chi connectivity index (χ0n) is 10.6. The molecule has 0 saturated carbocycles. The fourth-order valence-electron chi connectivity index (χ4n) is 1.72. The summed E-state index contributed by atoms with van der Waals surface area (Å²) in [6.07, 6.45) is 0. The van der Waals surface area contributed by atoms with Gasteiger partial charge in [0.25, 0.3) is 5.91 Å². The van der Waals surface area contributed by atoms with Gasteiger partial charge in [-0.3, -0.25) is 14.8 Å². The van der Waals surface area contributed by atoms with Crippen molar-refractivity contribution < 1.29 is 4.79 Å². The van der Waals surface area contributed by atoms with Crippen molar-refractivity contribution >= 4 is 11.6 Å². The summed E-state index contributed by atoms with van der Waals surface area (Å²) in [6, 6.07) is 19.1. The zero-order chi connectivity index (χ0) is 13.0. The molecular weight excluding hydrogens is 224 g/mol. The van der Waals surface area contributed by atoms with E-state index in [0.29, 0.717) is 5.56 Å². The monoisotopic (exact) mass is 240 g/mol. The normalized spacial score (nSPS) is 9.89. The number of hydrogen-bond acceptors (Lipinski definition) is 2. The van der Waals surface area contributed by atoms with Crippen LogP contribution in [0.2, 0.25) is 0 Å². The van der Waals surface area contributed by atoms with Crippen LogP contribution >= 0.6 is 0 Å². The predicted octanol–water partition coefficient (Wildman–Crippen LogP) is 2.81. The topological polar surface area (TPSA) is 23.6 Å². The van der Waals surface area contributed by atoms with Crippen LogP contribution < -0.4 is 5.01 Å². The van der Waals surface area contributed by atoms with E-state index < -0.39 is 0 Å². The lowest BCUT2D eigenvalue weighted by Crippen LogP contribution is -2.41. The minimum atomic E-state index is -0.0260. The van der Waals surface area contributed by atoms with Crippen LogP contribution in [0.4, 0.5) is 5.69 Å². The minimum absolute atomic E-state index is 0.0260. The van der Waals surface area contributed by atoms with Gasteiger partial charge in [-0.05, 0) is 24.3 Å². The second kappa shape index (κ2) is 5.36. The number of hydrazine groups is 1.